The van der Waals surface area contributed by atoms with Crippen molar-refractivity contribution < 1.29 is 5.11 Å². The van der Waals surface area contributed by atoms with Crippen molar-refractivity contribution >= 4 is 17.2 Å². The first-order valence-electron chi connectivity index (χ1n) is 6.25. The van der Waals surface area contributed by atoms with Gasteiger partial charge in [-0.15, -0.1) is 0 Å². The van der Waals surface area contributed by atoms with E-state index in [1.54, 1.807) is 0 Å². The van der Waals surface area contributed by atoms with Crippen LogP contribution in [0.1, 0.15) is 32.1 Å². The number of nitrogens with zero attached hydrogens (tertiary/aromatic N) is 1. The molecule has 4 heteroatoms. The van der Waals surface area contributed by atoms with Crippen molar-refractivity contribution in [1.82, 2.24) is 4.90 Å². The van der Waals surface area contributed by atoms with E-state index in [1.165, 1.54) is 25.8 Å². The molecule has 1 atom stereocenters. The van der Waals surface area contributed by atoms with Gasteiger partial charge in [-0.05, 0) is 43.6 Å². The summed E-state index contributed by atoms with van der Waals surface area (Å²) in [6.45, 7) is 3.83. The molecule has 2 rings (SSSR count). The van der Waals surface area contributed by atoms with Crippen molar-refractivity contribution in [2.24, 2.45) is 17.1 Å². The minimum Gasteiger partial charge on any atom is -0.396 e. The molecule has 1 saturated heterocycles. The second kappa shape index (κ2) is 4.98. The molecule has 1 heterocycles. The lowest BCUT2D eigenvalue weighted by atomic mass is 10.0. The third-order valence-corrected chi connectivity index (χ3v) is 4.12. The van der Waals surface area contributed by atoms with E-state index in [-0.39, 0.29) is 0 Å². The summed E-state index contributed by atoms with van der Waals surface area (Å²) in [7, 11) is 0. The van der Waals surface area contributed by atoms with E-state index < -0.39 is 0 Å². The maximum absolute atomic E-state index is 8.92. The molecule has 0 spiro atoms. The highest BCUT2D eigenvalue weighted by molar-refractivity contribution is 7.80. The molecule has 3 N–H and O–H groups in total. The first-order valence-corrected chi connectivity index (χ1v) is 6.66. The number of aliphatic hydroxyl groups is 1. The zero-order valence-corrected chi connectivity index (χ0v) is 10.6. The second-order valence-corrected chi connectivity index (χ2v) is 6.07. The Morgan fingerprint density at radius 2 is 2.25 bits per heavy atom. The quantitative estimate of drug-likeness (QED) is 0.686. The van der Waals surface area contributed by atoms with Gasteiger partial charge in [0.15, 0.2) is 0 Å². The van der Waals surface area contributed by atoms with Crippen molar-refractivity contribution in [3.05, 3.63) is 0 Å². The molecule has 92 valence electrons. The van der Waals surface area contributed by atoms with Crippen LogP contribution in [0.4, 0.5) is 0 Å². The molecule has 0 bridgehead atoms. The van der Waals surface area contributed by atoms with Gasteiger partial charge in [-0.3, -0.25) is 0 Å². The van der Waals surface area contributed by atoms with Gasteiger partial charge in [0.05, 0.1) is 4.99 Å². The average Bonchev–Trinajstić information content (AvgIpc) is 2.77. The summed E-state index contributed by atoms with van der Waals surface area (Å²) >= 11 is 5.02. The van der Waals surface area contributed by atoms with E-state index in [1.807, 2.05) is 0 Å². The number of thiocarbonyl (C=S) groups is 1. The normalized spacial score (nSPS) is 28.2. The molecule has 0 aromatic heterocycles. The Morgan fingerprint density at radius 1 is 1.50 bits per heavy atom. The maximum atomic E-state index is 8.92. The number of likely N-dealkylation sites (tertiary alicyclic amines) is 1. The molecule has 1 saturated carbocycles. The molecule has 0 aromatic carbocycles. The number of hydrogen-bond donors (Lipinski definition) is 2. The molecule has 0 aromatic rings. The topological polar surface area (TPSA) is 49.5 Å². The molecule has 3 nitrogen and oxygen atoms in total. The fraction of sp³-hybridized carbons (Fsp3) is 0.917. The van der Waals surface area contributed by atoms with Gasteiger partial charge in [0.1, 0.15) is 0 Å². The van der Waals surface area contributed by atoms with Gasteiger partial charge >= 0.3 is 0 Å². The van der Waals surface area contributed by atoms with Crippen molar-refractivity contribution in [2.45, 2.75) is 32.1 Å². The smallest absolute Gasteiger partial charge is 0.0733 e. The Balaban J connectivity index is 1.76. The van der Waals surface area contributed by atoms with Gasteiger partial charge in [-0.25, -0.2) is 0 Å². The Morgan fingerprint density at radius 3 is 2.81 bits per heavy atom. The van der Waals surface area contributed by atoms with E-state index in [0.717, 1.165) is 25.9 Å². The molecule has 1 aliphatic carbocycles. The van der Waals surface area contributed by atoms with Crippen molar-refractivity contribution in [2.75, 3.05) is 26.2 Å². The van der Waals surface area contributed by atoms with Crippen molar-refractivity contribution in [1.29, 1.82) is 0 Å². The number of nitrogens with two attached hydrogens (primary N) is 1. The van der Waals surface area contributed by atoms with E-state index in [4.69, 9.17) is 23.1 Å². The third-order valence-electron chi connectivity index (χ3n) is 3.97. The predicted octanol–water partition coefficient (Wildman–Crippen LogP) is 1.15. The number of aliphatic hydroxyl groups excluding tert-OH is 1. The molecule has 0 radical (unpaired) electrons. The van der Waals surface area contributed by atoms with Crippen LogP contribution >= 0.6 is 12.2 Å². The number of hydrogen-bond acceptors (Lipinski definition) is 3. The van der Waals surface area contributed by atoms with Gasteiger partial charge in [0, 0.05) is 26.1 Å². The Kier molecular flexibility index (Phi) is 3.82. The zero-order valence-electron chi connectivity index (χ0n) is 9.82. The van der Waals surface area contributed by atoms with Crippen molar-refractivity contribution in [3.8, 4) is 0 Å². The molecule has 16 heavy (non-hydrogen) atoms. The largest absolute Gasteiger partial charge is 0.396 e. The van der Waals surface area contributed by atoms with E-state index in [2.05, 4.69) is 4.90 Å². The molecule has 1 aliphatic heterocycles. The Hall–Kier alpha value is -0.190. The summed E-state index contributed by atoms with van der Waals surface area (Å²) < 4.78 is 0. The van der Waals surface area contributed by atoms with Crippen LogP contribution in [0.2, 0.25) is 0 Å². The van der Waals surface area contributed by atoms with Crippen LogP contribution in [0.15, 0.2) is 0 Å². The second-order valence-electron chi connectivity index (χ2n) is 5.55. The van der Waals surface area contributed by atoms with E-state index >= 15 is 0 Å². The van der Waals surface area contributed by atoms with Crippen LogP contribution in [0.5, 0.6) is 0 Å². The maximum Gasteiger partial charge on any atom is 0.0733 e. The molecule has 2 aliphatic rings. The Labute approximate surface area is 103 Å². The van der Waals surface area contributed by atoms with E-state index in [0.29, 0.717) is 22.9 Å². The summed E-state index contributed by atoms with van der Waals surface area (Å²) in [6, 6.07) is 0. The number of rotatable bonds is 6. The average molecular weight is 242 g/mol. The van der Waals surface area contributed by atoms with Crippen LogP contribution in [0.25, 0.3) is 0 Å². The molecule has 2 fully saturated rings. The van der Waals surface area contributed by atoms with Crippen molar-refractivity contribution in [3.63, 3.8) is 0 Å². The fourth-order valence-electron chi connectivity index (χ4n) is 2.89. The minimum absolute atomic E-state index is 0.330. The highest BCUT2D eigenvalue weighted by Gasteiger charge is 2.44. The summed E-state index contributed by atoms with van der Waals surface area (Å²) in [5.41, 5.74) is 6.06. The van der Waals surface area contributed by atoms with Gasteiger partial charge < -0.3 is 15.7 Å². The van der Waals surface area contributed by atoms with Crippen LogP contribution < -0.4 is 5.73 Å². The highest BCUT2D eigenvalue weighted by Crippen LogP contribution is 2.49. The third kappa shape index (κ3) is 3.15. The lowest BCUT2D eigenvalue weighted by molar-refractivity contribution is 0.234. The lowest BCUT2D eigenvalue weighted by Crippen LogP contribution is -2.31. The zero-order chi connectivity index (χ0) is 11.6. The molecule has 0 amide bonds. The van der Waals surface area contributed by atoms with Crippen LogP contribution in [-0.4, -0.2) is 41.2 Å². The lowest BCUT2D eigenvalue weighted by Gasteiger charge is -2.23. The highest BCUT2D eigenvalue weighted by atomic mass is 32.1. The molecule has 1 unspecified atom stereocenters. The minimum atomic E-state index is 0.330. The first kappa shape index (κ1) is 12.3. The summed E-state index contributed by atoms with van der Waals surface area (Å²) in [4.78, 5) is 3.20. The summed E-state index contributed by atoms with van der Waals surface area (Å²) in [5, 5.41) is 8.92. The standard InChI is InChI=1S/C12H22N2OS/c13-11(16)7-12(3-4-12)9-14-5-1-10(8-14)2-6-15/h10,15H,1-9H2,(H2,13,16). The monoisotopic (exact) mass is 242 g/mol. The van der Waals surface area contributed by atoms with Gasteiger partial charge in [-0.1, -0.05) is 12.2 Å². The van der Waals surface area contributed by atoms with Gasteiger partial charge in [0.2, 0.25) is 0 Å². The SMILES string of the molecule is NC(=S)CC1(CN2CCC(CCO)C2)CC1. The van der Waals surface area contributed by atoms with Crippen LogP contribution in [0, 0.1) is 11.3 Å². The van der Waals surface area contributed by atoms with Crippen LogP contribution in [0.3, 0.4) is 0 Å². The van der Waals surface area contributed by atoms with Gasteiger partial charge in [0.25, 0.3) is 0 Å². The van der Waals surface area contributed by atoms with E-state index in [9.17, 15) is 0 Å². The first-order chi connectivity index (χ1) is 7.63. The molecular weight excluding hydrogens is 220 g/mol. The van der Waals surface area contributed by atoms with Gasteiger partial charge in [-0.2, -0.15) is 0 Å². The summed E-state index contributed by atoms with van der Waals surface area (Å²) in [6.07, 6.45) is 5.68. The predicted molar refractivity (Wildman–Crippen MR) is 69.3 cm³/mol. The fourth-order valence-corrected chi connectivity index (χ4v) is 3.19. The molecular formula is C12H22N2OS. The Bertz CT molecular complexity index is 266. The summed E-state index contributed by atoms with van der Waals surface area (Å²) in [5.74, 6) is 0.700. The van der Waals surface area contributed by atoms with Crippen LogP contribution in [-0.2, 0) is 0 Å².